The molecule has 0 aromatic heterocycles. The third kappa shape index (κ3) is 5.35. The molecule has 0 aliphatic carbocycles. The van der Waals surface area contributed by atoms with Crippen molar-refractivity contribution in [1.29, 1.82) is 0 Å². The molecule has 150 valence electrons. The number of likely N-dealkylation sites (N-methyl/N-ethyl adjacent to an activating group) is 1. The Morgan fingerprint density at radius 2 is 1.71 bits per heavy atom. The highest BCUT2D eigenvalue weighted by Gasteiger charge is 2.18. The van der Waals surface area contributed by atoms with Crippen LogP contribution in [0.15, 0.2) is 59.8 Å². The maximum Gasteiger partial charge on any atom is 0.335 e. The number of piperidine rings is 1. The Balaban J connectivity index is 2.19. The number of likely N-dealkylation sites (tertiary alicyclic amines) is 1. The number of carbonyl (C=O) groups is 2. The van der Waals surface area contributed by atoms with Crippen LogP contribution < -0.4 is 4.90 Å². The highest BCUT2D eigenvalue weighted by molar-refractivity contribution is 5.95. The van der Waals surface area contributed by atoms with Gasteiger partial charge in [0.05, 0.1) is 5.56 Å². The van der Waals surface area contributed by atoms with E-state index in [4.69, 9.17) is 5.11 Å². The van der Waals surface area contributed by atoms with Gasteiger partial charge < -0.3 is 14.9 Å². The van der Waals surface area contributed by atoms with Gasteiger partial charge in [-0.3, -0.25) is 4.79 Å². The molecule has 1 aliphatic heterocycles. The van der Waals surface area contributed by atoms with Crippen LogP contribution in [-0.4, -0.2) is 41.5 Å². The minimum Gasteiger partial charge on any atom is -0.478 e. The lowest BCUT2D eigenvalue weighted by Crippen LogP contribution is -2.36. The monoisotopic (exact) mass is 382 g/mol. The van der Waals surface area contributed by atoms with E-state index in [1.807, 2.05) is 31.7 Å². The van der Waals surface area contributed by atoms with Crippen molar-refractivity contribution in [2.45, 2.75) is 40.0 Å². The molecule has 28 heavy (non-hydrogen) atoms. The molecule has 1 saturated heterocycles. The summed E-state index contributed by atoms with van der Waals surface area (Å²) in [5, 5.41) is 9.09. The first kappa shape index (κ1) is 21.5. The summed E-state index contributed by atoms with van der Waals surface area (Å²) in [6.07, 6.45) is 7.00. The Bertz CT molecular complexity index is 781. The number of amides is 1. The van der Waals surface area contributed by atoms with E-state index >= 15 is 0 Å². The molecule has 5 heteroatoms. The summed E-state index contributed by atoms with van der Waals surface area (Å²) < 4.78 is 0. The van der Waals surface area contributed by atoms with E-state index in [-0.39, 0.29) is 11.5 Å². The summed E-state index contributed by atoms with van der Waals surface area (Å²) >= 11 is 0. The van der Waals surface area contributed by atoms with Gasteiger partial charge in [0.1, 0.15) is 0 Å². The molecule has 0 spiro atoms. The topological polar surface area (TPSA) is 60.9 Å². The molecule has 1 fully saturated rings. The molecule has 5 nitrogen and oxygen atoms in total. The van der Waals surface area contributed by atoms with Crippen LogP contribution in [0.25, 0.3) is 0 Å². The number of carboxylic acid groups (broad SMARTS) is 1. The summed E-state index contributed by atoms with van der Waals surface area (Å²) in [6.45, 7) is 12.4. The van der Waals surface area contributed by atoms with Crippen LogP contribution in [-0.2, 0) is 4.79 Å². The van der Waals surface area contributed by atoms with Gasteiger partial charge >= 0.3 is 5.97 Å². The van der Waals surface area contributed by atoms with Crippen LogP contribution in [0.5, 0.6) is 0 Å². The second kappa shape index (κ2) is 9.93. The van der Waals surface area contributed by atoms with Gasteiger partial charge in [0.2, 0.25) is 0 Å². The molecule has 0 saturated carbocycles. The van der Waals surface area contributed by atoms with Crippen LogP contribution in [0.4, 0.5) is 5.69 Å². The summed E-state index contributed by atoms with van der Waals surface area (Å²) in [7, 11) is 0. The highest BCUT2D eigenvalue weighted by atomic mass is 16.4. The Morgan fingerprint density at radius 1 is 1.11 bits per heavy atom. The smallest absolute Gasteiger partial charge is 0.335 e. The first-order valence-electron chi connectivity index (χ1n) is 9.79. The predicted octanol–water partition coefficient (Wildman–Crippen LogP) is 4.63. The van der Waals surface area contributed by atoms with Gasteiger partial charge in [0.15, 0.2) is 0 Å². The fourth-order valence-electron chi connectivity index (χ4n) is 3.35. The van der Waals surface area contributed by atoms with Crippen molar-refractivity contribution < 1.29 is 14.7 Å². The van der Waals surface area contributed by atoms with Gasteiger partial charge in [-0.25, -0.2) is 4.79 Å². The number of anilines is 1. The fourth-order valence-corrected chi connectivity index (χ4v) is 3.35. The van der Waals surface area contributed by atoms with E-state index in [9.17, 15) is 9.59 Å². The van der Waals surface area contributed by atoms with E-state index in [1.54, 1.807) is 30.3 Å². The molecule has 2 rings (SSSR count). The predicted molar refractivity (Wildman–Crippen MR) is 114 cm³/mol. The van der Waals surface area contributed by atoms with Gasteiger partial charge in [-0.2, -0.15) is 0 Å². The van der Waals surface area contributed by atoms with Crippen molar-refractivity contribution in [2.24, 2.45) is 0 Å². The van der Waals surface area contributed by atoms with Gasteiger partial charge in [-0.15, -0.1) is 0 Å². The molecule has 0 radical (unpaired) electrons. The normalized spacial score (nSPS) is 14.0. The zero-order valence-corrected chi connectivity index (χ0v) is 17.1. The number of hydrogen-bond donors (Lipinski definition) is 1. The number of carbonyl (C=O) groups excluding carboxylic acids is 1. The largest absolute Gasteiger partial charge is 0.478 e. The molecule has 1 N–H and O–H groups in total. The molecule has 1 amide bonds. The van der Waals surface area contributed by atoms with E-state index in [1.165, 1.54) is 6.42 Å². The van der Waals surface area contributed by atoms with Crippen molar-refractivity contribution >= 4 is 17.6 Å². The van der Waals surface area contributed by atoms with Crippen LogP contribution in [0, 0.1) is 0 Å². The number of rotatable bonds is 7. The van der Waals surface area contributed by atoms with Gasteiger partial charge in [-0.1, -0.05) is 12.2 Å². The Morgan fingerprint density at radius 3 is 2.21 bits per heavy atom. The molecule has 0 bridgehead atoms. The van der Waals surface area contributed by atoms with Crippen LogP contribution in [0.2, 0.25) is 0 Å². The van der Waals surface area contributed by atoms with Gasteiger partial charge in [-0.05, 0) is 76.5 Å². The van der Waals surface area contributed by atoms with Crippen LogP contribution >= 0.6 is 0 Å². The second-order valence-corrected chi connectivity index (χ2v) is 7.19. The maximum absolute atomic E-state index is 12.6. The highest BCUT2D eigenvalue weighted by Crippen LogP contribution is 2.23. The number of aromatic carboxylic acids is 1. The molecule has 1 heterocycles. The molecule has 1 aromatic carbocycles. The van der Waals surface area contributed by atoms with E-state index < -0.39 is 5.97 Å². The van der Waals surface area contributed by atoms with Crippen LogP contribution in [0.1, 0.15) is 50.4 Å². The lowest BCUT2D eigenvalue weighted by atomic mass is 10.1. The third-order valence-electron chi connectivity index (χ3n) is 4.91. The molecular formula is C23H30N2O3. The molecule has 0 unspecified atom stereocenters. The van der Waals surface area contributed by atoms with Crippen molar-refractivity contribution in [3.05, 3.63) is 65.4 Å². The Hall–Kier alpha value is -2.82. The van der Waals surface area contributed by atoms with E-state index in [0.717, 1.165) is 42.9 Å². The number of hydrogen-bond acceptors (Lipinski definition) is 3. The third-order valence-corrected chi connectivity index (χ3v) is 4.91. The number of benzene rings is 1. The average Bonchev–Trinajstić information content (AvgIpc) is 2.70. The molecule has 0 atom stereocenters. The number of nitrogens with zero attached hydrogens (tertiary/aromatic N) is 2. The van der Waals surface area contributed by atoms with Crippen molar-refractivity contribution in [3.63, 3.8) is 0 Å². The van der Waals surface area contributed by atoms with E-state index in [0.29, 0.717) is 12.1 Å². The van der Waals surface area contributed by atoms with Crippen molar-refractivity contribution in [1.82, 2.24) is 4.90 Å². The van der Waals surface area contributed by atoms with Gasteiger partial charge in [0, 0.05) is 36.6 Å². The lowest BCUT2D eigenvalue weighted by molar-refractivity contribution is -0.127. The van der Waals surface area contributed by atoms with Crippen LogP contribution in [0.3, 0.4) is 0 Å². The quantitative estimate of drug-likeness (QED) is 0.552. The first-order valence-corrected chi connectivity index (χ1v) is 9.79. The van der Waals surface area contributed by atoms with Crippen molar-refractivity contribution in [3.8, 4) is 0 Å². The maximum atomic E-state index is 12.6. The minimum atomic E-state index is -0.940. The minimum absolute atomic E-state index is 0.00193. The zero-order valence-electron chi connectivity index (χ0n) is 17.1. The van der Waals surface area contributed by atoms with E-state index in [2.05, 4.69) is 11.5 Å². The standard InChI is InChI=1S/C23H30N2O3/c1-5-25(20-12-10-19(11-13-20)23(27)28)21(17(2)3)14-9-18(4)22(26)24-15-7-6-8-16-24/h9-14H,4-8,15-16H2,1-3H3,(H,27,28)/b14-9-. The molecule has 1 aliphatic rings. The number of carboxylic acids is 1. The SMILES string of the molecule is C=C(/C=C\C(=C(C)C)N(CC)c1ccc(C(=O)O)cc1)C(=O)N1CCCCC1. The zero-order chi connectivity index (χ0) is 20.7. The Kier molecular flexibility index (Phi) is 7.61. The summed E-state index contributed by atoms with van der Waals surface area (Å²) in [5.74, 6) is -0.942. The first-order chi connectivity index (χ1) is 13.3. The fraction of sp³-hybridized carbons (Fsp3) is 0.391. The summed E-state index contributed by atoms with van der Waals surface area (Å²) in [6, 6.07) is 6.81. The molecule has 1 aromatic rings. The number of allylic oxidation sites excluding steroid dienone is 2. The average molecular weight is 383 g/mol. The molecular weight excluding hydrogens is 352 g/mol. The van der Waals surface area contributed by atoms with Crippen molar-refractivity contribution in [2.75, 3.05) is 24.5 Å². The summed E-state index contributed by atoms with van der Waals surface area (Å²) in [4.78, 5) is 27.6. The van der Waals surface area contributed by atoms with Gasteiger partial charge in [0.25, 0.3) is 5.91 Å². The lowest BCUT2D eigenvalue weighted by Gasteiger charge is -2.27. The summed E-state index contributed by atoms with van der Waals surface area (Å²) in [5.41, 5.74) is 3.71. The second-order valence-electron chi connectivity index (χ2n) is 7.19. The Labute approximate surface area is 167 Å².